The summed E-state index contributed by atoms with van der Waals surface area (Å²) >= 11 is 1.48. The fourth-order valence-corrected chi connectivity index (χ4v) is 4.70. The van der Waals surface area contributed by atoms with Crippen LogP contribution >= 0.6 is 11.3 Å². The molecular weight excluding hydrogens is 384 g/mol. The van der Waals surface area contributed by atoms with Crippen LogP contribution in [0.5, 0.6) is 0 Å². The fourth-order valence-electron chi connectivity index (χ4n) is 3.89. The van der Waals surface area contributed by atoms with Crippen molar-refractivity contribution >= 4 is 28.8 Å². The first kappa shape index (κ1) is 19.5. The molecule has 2 aromatic heterocycles. The van der Waals surface area contributed by atoms with Gasteiger partial charge < -0.3 is 9.73 Å². The molecule has 0 aliphatic heterocycles. The summed E-state index contributed by atoms with van der Waals surface area (Å²) in [5.74, 6) is -0.268. The number of carbonyl (C=O) groups excluding carboxylic acids is 2. The van der Waals surface area contributed by atoms with Crippen LogP contribution in [0.4, 0.5) is 5.69 Å². The molecule has 2 amide bonds. The third kappa shape index (κ3) is 4.12. The summed E-state index contributed by atoms with van der Waals surface area (Å²) < 4.78 is 5.40. The SMILES string of the molecule is Cc1ccccc1N(C(=O)c1ccco1)[C@@H](C(=O)NC1CCCC1)c1cccs1. The number of hydrogen-bond donors (Lipinski definition) is 1. The standard InChI is InChI=1S/C23H24N2O3S/c1-16-8-2-5-11-18(16)25(23(27)19-12-6-14-28-19)21(20-13-7-15-29-20)22(26)24-17-9-3-4-10-17/h2,5-8,11-15,17,21H,3-4,9-10H2,1H3,(H,24,26)/t21-/m1/s1. The van der Waals surface area contributed by atoms with Gasteiger partial charge in [0.15, 0.2) is 11.8 Å². The fraction of sp³-hybridized carbons (Fsp3) is 0.304. The Morgan fingerprint density at radius 3 is 2.55 bits per heavy atom. The van der Waals surface area contributed by atoms with Crippen LogP contribution in [0.25, 0.3) is 0 Å². The third-order valence-corrected chi connectivity index (χ3v) is 6.27. The number of rotatable bonds is 6. The maximum absolute atomic E-state index is 13.5. The lowest BCUT2D eigenvalue weighted by atomic mass is 10.1. The molecule has 1 aliphatic carbocycles. The molecule has 150 valence electrons. The Kier molecular flexibility index (Phi) is 5.81. The lowest BCUT2D eigenvalue weighted by Crippen LogP contribution is -2.46. The molecule has 0 bridgehead atoms. The predicted molar refractivity (Wildman–Crippen MR) is 114 cm³/mol. The van der Waals surface area contributed by atoms with Gasteiger partial charge in [-0.3, -0.25) is 14.5 Å². The molecule has 1 aliphatic rings. The van der Waals surface area contributed by atoms with Crippen LogP contribution in [0, 0.1) is 6.92 Å². The summed E-state index contributed by atoms with van der Waals surface area (Å²) in [7, 11) is 0. The molecule has 4 rings (SSSR count). The molecule has 0 spiro atoms. The zero-order valence-electron chi connectivity index (χ0n) is 16.3. The molecule has 1 N–H and O–H groups in total. The molecule has 6 heteroatoms. The highest BCUT2D eigenvalue weighted by molar-refractivity contribution is 7.10. The monoisotopic (exact) mass is 408 g/mol. The smallest absolute Gasteiger partial charge is 0.295 e. The average Bonchev–Trinajstić information content (AvgIpc) is 3.49. The second kappa shape index (κ2) is 8.66. The molecule has 1 fully saturated rings. The summed E-state index contributed by atoms with van der Waals surface area (Å²) in [6, 6.07) is 14.2. The maximum Gasteiger partial charge on any atom is 0.295 e. The minimum Gasteiger partial charge on any atom is -0.459 e. The van der Waals surface area contributed by atoms with Crippen LogP contribution in [-0.4, -0.2) is 17.9 Å². The molecule has 1 saturated carbocycles. The quantitative estimate of drug-likeness (QED) is 0.617. The van der Waals surface area contributed by atoms with E-state index < -0.39 is 6.04 Å². The summed E-state index contributed by atoms with van der Waals surface area (Å²) in [4.78, 5) is 29.4. The second-order valence-electron chi connectivity index (χ2n) is 7.35. The third-order valence-electron chi connectivity index (χ3n) is 5.35. The van der Waals surface area contributed by atoms with Gasteiger partial charge in [-0.2, -0.15) is 0 Å². The maximum atomic E-state index is 13.5. The minimum atomic E-state index is -0.755. The van der Waals surface area contributed by atoms with Gasteiger partial charge >= 0.3 is 0 Å². The van der Waals surface area contributed by atoms with Crippen LogP contribution in [0.15, 0.2) is 64.6 Å². The van der Waals surface area contributed by atoms with E-state index in [1.807, 2.05) is 48.7 Å². The van der Waals surface area contributed by atoms with Gasteiger partial charge in [-0.1, -0.05) is 37.1 Å². The number of amides is 2. The second-order valence-corrected chi connectivity index (χ2v) is 8.33. The van der Waals surface area contributed by atoms with Crippen LogP contribution in [0.2, 0.25) is 0 Å². The number of nitrogens with zero attached hydrogens (tertiary/aromatic N) is 1. The van der Waals surface area contributed by atoms with Crippen molar-refractivity contribution in [1.29, 1.82) is 0 Å². The molecule has 3 aromatic rings. The van der Waals surface area contributed by atoms with Gasteiger partial charge in [-0.15, -0.1) is 11.3 Å². The van der Waals surface area contributed by atoms with Gasteiger partial charge in [0.25, 0.3) is 5.91 Å². The molecule has 1 aromatic carbocycles. The topological polar surface area (TPSA) is 62.6 Å². The number of para-hydroxylation sites is 1. The molecule has 0 unspecified atom stereocenters. The van der Waals surface area contributed by atoms with Gasteiger partial charge in [0.2, 0.25) is 5.91 Å². The van der Waals surface area contributed by atoms with E-state index in [4.69, 9.17) is 4.42 Å². The zero-order chi connectivity index (χ0) is 20.2. The minimum absolute atomic E-state index is 0.150. The normalized spacial score (nSPS) is 15.2. The van der Waals surface area contributed by atoms with Crippen molar-refractivity contribution < 1.29 is 14.0 Å². The summed E-state index contributed by atoms with van der Waals surface area (Å²) in [5, 5.41) is 5.11. The van der Waals surface area contributed by atoms with Crippen molar-refractivity contribution in [2.45, 2.75) is 44.7 Å². The Morgan fingerprint density at radius 2 is 1.90 bits per heavy atom. The lowest BCUT2D eigenvalue weighted by Gasteiger charge is -2.31. The van der Waals surface area contributed by atoms with E-state index in [0.717, 1.165) is 36.1 Å². The van der Waals surface area contributed by atoms with E-state index in [-0.39, 0.29) is 23.6 Å². The Bertz CT molecular complexity index is 960. The van der Waals surface area contributed by atoms with Crippen LogP contribution in [-0.2, 0) is 4.79 Å². The molecule has 0 radical (unpaired) electrons. The Labute approximate surface area is 174 Å². The lowest BCUT2D eigenvalue weighted by molar-refractivity contribution is -0.123. The number of carbonyl (C=O) groups is 2. The van der Waals surface area contributed by atoms with E-state index >= 15 is 0 Å². The van der Waals surface area contributed by atoms with Crippen molar-refractivity contribution in [1.82, 2.24) is 5.32 Å². The van der Waals surface area contributed by atoms with Crippen molar-refractivity contribution in [3.8, 4) is 0 Å². The number of furan rings is 1. The number of thiophene rings is 1. The first-order chi connectivity index (χ1) is 14.1. The van der Waals surface area contributed by atoms with Gasteiger partial charge in [0.1, 0.15) is 0 Å². The van der Waals surface area contributed by atoms with E-state index in [0.29, 0.717) is 5.69 Å². The van der Waals surface area contributed by atoms with E-state index in [9.17, 15) is 9.59 Å². The van der Waals surface area contributed by atoms with Gasteiger partial charge in [-0.05, 0) is 55.0 Å². The number of benzene rings is 1. The van der Waals surface area contributed by atoms with Crippen molar-refractivity contribution in [2.24, 2.45) is 0 Å². The zero-order valence-corrected chi connectivity index (χ0v) is 17.2. The summed E-state index contributed by atoms with van der Waals surface area (Å²) in [6.07, 6.45) is 5.70. The van der Waals surface area contributed by atoms with Crippen molar-refractivity contribution in [2.75, 3.05) is 4.90 Å². The molecular formula is C23H24N2O3S. The van der Waals surface area contributed by atoms with Gasteiger partial charge in [-0.25, -0.2) is 0 Å². The van der Waals surface area contributed by atoms with Crippen LogP contribution in [0.1, 0.15) is 52.7 Å². The Morgan fingerprint density at radius 1 is 1.10 bits per heavy atom. The number of hydrogen-bond acceptors (Lipinski definition) is 4. The molecule has 1 atom stereocenters. The predicted octanol–water partition coefficient (Wildman–Crippen LogP) is 5.10. The van der Waals surface area contributed by atoms with Gasteiger partial charge in [0, 0.05) is 16.6 Å². The summed E-state index contributed by atoms with van der Waals surface area (Å²) in [6.45, 7) is 1.94. The number of anilines is 1. The first-order valence-corrected chi connectivity index (χ1v) is 10.8. The van der Waals surface area contributed by atoms with Crippen molar-refractivity contribution in [3.05, 3.63) is 76.4 Å². The highest BCUT2D eigenvalue weighted by Gasteiger charge is 2.36. The van der Waals surface area contributed by atoms with E-state index in [1.54, 1.807) is 17.0 Å². The van der Waals surface area contributed by atoms with Crippen LogP contribution in [0.3, 0.4) is 0 Å². The average molecular weight is 409 g/mol. The highest BCUT2D eigenvalue weighted by Crippen LogP contribution is 2.34. The van der Waals surface area contributed by atoms with Crippen molar-refractivity contribution in [3.63, 3.8) is 0 Å². The largest absolute Gasteiger partial charge is 0.459 e. The first-order valence-electron chi connectivity index (χ1n) is 9.91. The highest BCUT2D eigenvalue weighted by atomic mass is 32.1. The van der Waals surface area contributed by atoms with Gasteiger partial charge in [0.05, 0.1) is 6.26 Å². The molecule has 0 saturated heterocycles. The number of nitrogens with one attached hydrogen (secondary N) is 1. The van der Waals surface area contributed by atoms with E-state index in [1.165, 1.54) is 17.6 Å². The molecule has 2 heterocycles. The Balaban J connectivity index is 1.78. The van der Waals surface area contributed by atoms with E-state index in [2.05, 4.69) is 5.32 Å². The molecule has 29 heavy (non-hydrogen) atoms. The van der Waals surface area contributed by atoms with Crippen LogP contribution < -0.4 is 10.2 Å². The number of aryl methyl sites for hydroxylation is 1. The summed E-state index contributed by atoms with van der Waals surface area (Å²) in [5.41, 5.74) is 1.62. The Hall–Kier alpha value is -2.86. The molecule has 5 nitrogen and oxygen atoms in total.